The minimum Gasteiger partial charge on any atom is -0.310 e. The van der Waals surface area contributed by atoms with E-state index in [1.807, 2.05) is 12.4 Å². The number of hydrogen-bond donors (Lipinski definition) is 0. The van der Waals surface area contributed by atoms with Crippen molar-refractivity contribution in [3.63, 3.8) is 0 Å². The number of para-hydroxylation sites is 6. The second kappa shape index (κ2) is 15.6. The van der Waals surface area contributed by atoms with Crippen LogP contribution in [0.3, 0.4) is 0 Å². The monoisotopic (exact) mass is 820 g/mol. The molecule has 0 unspecified atom stereocenters. The highest BCUT2D eigenvalue weighted by molar-refractivity contribution is 6.12. The average molecular weight is 821 g/mol. The van der Waals surface area contributed by atoms with Crippen molar-refractivity contribution in [3.05, 3.63) is 243 Å². The third-order valence-corrected chi connectivity index (χ3v) is 12.2. The summed E-state index contributed by atoms with van der Waals surface area (Å²) in [7, 11) is 0. The second-order valence-corrected chi connectivity index (χ2v) is 16.0. The van der Waals surface area contributed by atoms with Crippen LogP contribution in [0.1, 0.15) is 0 Å². The van der Waals surface area contributed by atoms with Crippen molar-refractivity contribution in [2.75, 3.05) is 9.80 Å². The van der Waals surface area contributed by atoms with Crippen molar-refractivity contribution < 1.29 is 0 Å². The van der Waals surface area contributed by atoms with Gasteiger partial charge in [0.2, 0.25) is 0 Å². The van der Waals surface area contributed by atoms with Gasteiger partial charge >= 0.3 is 0 Å². The van der Waals surface area contributed by atoms with Gasteiger partial charge in [0, 0.05) is 85.0 Å². The molecule has 0 fully saturated rings. The Morgan fingerprint density at radius 3 is 1.05 bits per heavy atom. The van der Waals surface area contributed by atoms with Gasteiger partial charge in [0.15, 0.2) is 0 Å². The molecule has 0 N–H and O–H groups in total. The van der Waals surface area contributed by atoms with Crippen LogP contribution >= 0.6 is 0 Å². The first-order chi connectivity index (χ1) is 31.8. The largest absolute Gasteiger partial charge is 0.310 e. The van der Waals surface area contributed by atoms with Gasteiger partial charge in [-0.05, 0) is 121 Å². The van der Waals surface area contributed by atoms with Crippen LogP contribution in [0.2, 0.25) is 0 Å². The quantitative estimate of drug-likeness (QED) is 0.145. The lowest BCUT2D eigenvalue weighted by Gasteiger charge is -2.25. The maximum atomic E-state index is 4.46. The Kier molecular flexibility index (Phi) is 9.05. The average Bonchev–Trinajstić information content (AvgIpc) is 3.88. The Hall–Kier alpha value is -8.74. The Balaban J connectivity index is 1.08. The summed E-state index contributed by atoms with van der Waals surface area (Å²) in [5, 5.41) is 4.71. The topological polar surface area (TPSA) is 42.1 Å². The van der Waals surface area contributed by atoms with Crippen LogP contribution in [0.4, 0.5) is 34.1 Å². The number of rotatable bonds is 9. The Labute approximate surface area is 370 Å². The standard InChI is InChI=1S/C58H40N6/c1-5-17-43(18-6-1)61(44-19-7-2-8-20-44)47-29-31-57-53(36-47)51-25-13-15-27-55(51)63(57)49-33-41(42-38-59-40-60-39-42)34-50(35-49)64-56-28-16-14-26-52(56)54-37-48(30-32-58(54)64)62(45-21-9-3-10-22-45)46-23-11-4-12-24-46/h1-40H. The van der Waals surface area contributed by atoms with E-state index < -0.39 is 0 Å². The Morgan fingerprint density at radius 2 is 0.641 bits per heavy atom. The van der Waals surface area contributed by atoms with Crippen LogP contribution in [0.25, 0.3) is 66.1 Å². The maximum absolute atomic E-state index is 4.46. The number of aromatic nitrogens is 4. The maximum Gasteiger partial charge on any atom is 0.115 e. The van der Waals surface area contributed by atoms with Gasteiger partial charge in [-0.2, -0.15) is 0 Å². The number of hydrogen-bond acceptors (Lipinski definition) is 4. The molecule has 0 bridgehead atoms. The molecule has 6 heteroatoms. The number of benzene rings is 9. The van der Waals surface area contributed by atoms with Gasteiger partial charge in [0.05, 0.1) is 22.1 Å². The first kappa shape index (κ1) is 37.1. The van der Waals surface area contributed by atoms with Crippen molar-refractivity contribution in [1.82, 2.24) is 19.1 Å². The predicted octanol–water partition coefficient (Wildman–Crippen LogP) is 15.3. The summed E-state index contributed by atoms with van der Waals surface area (Å²) >= 11 is 0. The van der Waals surface area contributed by atoms with E-state index >= 15 is 0 Å². The fraction of sp³-hybridized carbons (Fsp3) is 0. The molecule has 0 aliphatic heterocycles. The molecule has 9 aromatic carbocycles. The van der Waals surface area contributed by atoms with E-state index in [1.54, 1.807) is 6.33 Å². The van der Waals surface area contributed by atoms with Crippen molar-refractivity contribution in [2.24, 2.45) is 0 Å². The summed E-state index contributed by atoms with van der Waals surface area (Å²) in [5.74, 6) is 0. The molecule has 3 aromatic heterocycles. The van der Waals surface area contributed by atoms with Gasteiger partial charge in [-0.25, -0.2) is 9.97 Å². The Bertz CT molecular complexity index is 3310. The van der Waals surface area contributed by atoms with Crippen molar-refractivity contribution >= 4 is 77.7 Å². The lowest BCUT2D eigenvalue weighted by atomic mass is 10.1. The summed E-state index contributed by atoms with van der Waals surface area (Å²) in [5.41, 5.74) is 15.1. The summed E-state index contributed by atoms with van der Waals surface area (Å²) in [6.07, 6.45) is 5.39. The molecule has 64 heavy (non-hydrogen) atoms. The summed E-state index contributed by atoms with van der Waals surface area (Å²) in [4.78, 5) is 13.6. The highest BCUT2D eigenvalue weighted by Gasteiger charge is 2.21. The van der Waals surface area contributed by atoms with Crippen molar-refractivity contribution in [1.29, 1.82) is 0 Å². The van der Waals surface area contributed by atoms with E-state index in [9.17, 15) is 0 Å². The highest BCUT2D eigenvalue weighted by atomic mass is 15.1. The lowest BCUT2D eigenvalue weighted by molar-refractivity contribution is 1.13. The molecule has 302 valence electrons. The second-order valence-electron chi connectivity index (χ2n) is 16.0. The fourth-order valence-electron chi connectivity index (χ4n) is 9.43. The van der Waals surface area contributed by atoms with Gasteiger partial charge in [-0.3, -0.25) is 0 Å². The normalized spacial score (nSPS) is 11.4. The molecule has 0 saturated heterocycles. The van der Waals surface area contributed by atoms with E-state index in [1.165, 1.54) is 21.5 Å². The number of nitrogens with zero attached hydrogens (tertiary/aromatic N) is 6. The molecule has 12 rings (SSSR count). The molecular formula is C58H40N6. The van der Waals surface area contributed by atoms with E-state index in [-0.39, 0.29) is 0 Å². The number of anilines is 6. The highest BCUT2D eigenvalue weighted by Crippen LogP contribution is 2.43. The van der Waals surface area contributed by atoms with Crippen molar-refractivity contribution in [2.45, 2.75) is 0 Å². The molecule has 6 nitrogen and oxygen atoms in total. The van der Waals surface area contributed by atoms with Crippen LogP contribution in [0.5, 0.6) is 0 Å². The van der Waals surface area contributed by atoms with E-state index in [2.05, 4.69) is 253 Å². The molecule has 0 atom stereocenters. The number of fused-ring (bicyclic) bond motifs is 6. The van der Waals surface area contributed by atoms with Crippen LogP contribution in [0, 0.1) is 0 Å². The fourth-order valence-corrected chi connectivity index (χ4v) is 9.43. The van der Waals surface area contributed by atoms with Crippen LogP contribution < -0.4 is 9.80 Å². The zero-order valence-corrected chi connectivity index (χ0v) is 34.8. The van der Waals surface area contributed by atoms with Crippen LogP contribution in [-0.4, -0.2) is 19.1 Å². The lowest BCUT2D eigenvalue weighted by Crippen LogP contribution is -2.09. The van der Waals surface area contributed by atoms with Crippen LogP contribution in [0.15, 0.2) is 243 Å². The Morgan fingerprint density at radius 1 is 0.281 bits per heavy atom. The minimum absolute atomic E-state index is 0.944. The van der Waals surface area contributed by atoms with E-state index in [4.69, 9.17) is 0 Å². The minimum atomic E-state index is 0.944. The van der Waals surface area contributed by atoms with Gasteiger partial charge in [0.1, 0.15) is 6.33 Å². The summed E-state index contributed by atoms with van der Waals surface area (Å²) < 4.78 is 4.81. The zero-order chi connectivity index (χ0) is 42.4. The molecule has 0 spiro atoms. The predicted molar refractivity (Wildman–Crippen MR) is 266 cm³/mol. The smallest absolute Gasteiger partial charge is 0.115 e. The molecule has 3 heterocycles. The van der Waals surface area contributed by atoms with Gasteiger partial charge in [0.25, 0.3) is 0 Å². The summed E-state index contributed by atoms with van der Waals surface area (Å²) in [6.45, 7) is 0. The third-order valence-electron chi connectivity index (χ3n) is 12.2. The van der Waals surface area contributed by atoms with Gasteiger partial charge in [-0.1, -0.05) is 109 Å². The molecule has 12 aromatic rings. The molecular weight excluding hydrogens is 781 g/mol. The SMILES string of the molecule is c1ccc(N(c2ccccc2)c2ccc3c(c2)c2ccccc2n3-c2cc(-c3cncnc3)cc(-n3c4ccccc4c4cc(N(c5ccccc5)c5ccccc5)ccc43)c2)cc1. The van der Waals surface area contributed by atoms with Crippen LogP contribution in [-0.2, 0) is 0 Å². The molecule has 0 saturated carbocycles. The molecule has 0 radical (unpaired) electrons. The molecule has 0 aliphatic carbocycles. The van der Waals surface area contributed by atoms with Gasteiger partial charge < -0.3 is 18.9 Å². The third kappa shape index (κ3) is 6.36. The van der Waals surface area contributed by atoms with E-state index in [0.29, 0.717) is 0 Å². The van der Waals surface area contributed by atoms with E-state index in [0.717, 1.165) is 78.7 Å². The van der Waals surface area contributed by atoms with Gasteiger partial charge in [-0.15, -0.1) is 0 Å². The molecule has 0 aliphatic rings. The molecule has 0 amide bonds. The first-order valence-electron chi connectivity index (χ1n) is 21.5. The summed E-state index contributed by atoms with van der Waals surface area (Å²) in [6, 6.07) is 80.4. The van der Waals surface area contributed by atoms with Crippen molar-refractivity contribution in [3.8, 4) is 22.5 Å². The first-order valence-corrected chi connectivity index (χ1v) is 21.5. The zero-order valence-electron chi connectivity index (χ0n) is 34.8.